The van der Waals surface area contributed by atoms with Crippen molar-refractivity contribution in [2.45, 2.75) is 12.1 Å². The number of rotatable bonds is 3. The molecule has 0 aliphatic heterocycles. The molecule has 0 spiro atoms. The summed E-state index contributed by atoms with van der Waals surface area (Å²) in [7, 11) is 2.65. The summed E-state index contributed by atoms with van der Waals surface area (Å²) in [6.45, 7) is 0. The van der Waals surface area contributed by atoms with Gasteiger partial charge in [-0.25, -0.2) is 0 Å². The fourth-order valence-electron chi connectivity index (χ4n) is 2.34. The van der Waals surface area contributed by atoms with Crippen LogP contribution in [0.4, 0.5) is 13.2 Å². The third-order valence-electron chi connectivity index (χ3n) is 3.37. The minimum Gasteiger partial charge on any atom is -0.348 e. The van der Waals surface area contributed by atoms with Gasteiger partial charge in [0.2, 0.25) is 5.91 Å². The number of hydrogen-bond acceptors (Lipinski definition) is 1. The van der Waals surface area contributed by atoms with Gasteiger partial charge in [-0.1, -0.05) is 54.6 Å². The highest BCUT2D eigenvalue weighted by Crippen LogP contribution is 2.40. The van der Waals surface area contributed by atoms with Crippen LogP contribution in [-0.4, -0.2) is 31.1 Å². The highest BCUT2D eigenvalue weighted by atomic mass is 19.4. The van der Waals surface area contributed by atoms with Gasteiger partial charge in [0.15, 0.2) is 5.92 Å². The van der Waals surface area contributed by atoms with Crippen LogP contribution < -0.4 is 0 Å². The van der Waals surface area contributed by atoms with Gasteiger partial charge < -0.3 is 4.90 Å². The molecule has 1 atom stereocenters. The van der Waals surface area contributed by atoms with Gasteiger partial charge in [0.25, 0.3) is 0 Å². The molecular weight excluding hydrogens is 291 g/mol. The molecule has 0 heterocycles. The molecule has 0 saturated carbocycles. The second-order valence-electron chi connectivity index (χ2n) is 5.16. The molecular formula is C17H16F3NO. The minimum absolute atomic E-state index is 0.0279. The third-order valence-corrected chi connectivity index (χ3v) is 3.37. The van der Waals surface area contributed by atoms with Crippen LogP contribution >= 0.6 is 0 Å². The van der Waals surface area contributed by atoms with Crippen molar-refractivity contribution in [3.63, 3.8) is 0 Å². The number of nitrogens with zero attached hydrogens (tertiary/aromatic N) is 1. The van der Waals surface area contributed by atoms with Crippen LogP contribution in [0.5, 0.6) is 0 Å². The lowest BCUT2D eigenvalue weighted by atomic mass is 9.89. The molecule has 5 heteroatoms. The Balaban J connectivity index is 2.61. The number of benzene rings is 2. The van der Waals surface area contributed by atoms with Gasteiger partial charge in [0.05, 0.1) is 0 Å². The topological polar surface area (TPSA) is 20.3 Å². The molecule has 1 unspecified atom stereocenters. The molecule has 2 aromatic rings. The number of hydrogen-bond donors (Lipinski definition) is 0. The highest BCUT2D eigenvalue weighted by Gasteiger charge is 2.47. The van der Waals surface area contributed by atoms with Crippen molar-refractivity contribution in [1.82, 2.24) is 4.90 Å². The second kappa shape index (κ2) is 6.22. The zero-order valence-corrected chi connectivity index (χ0v) is 12.3. The number of likely N-dealkylation sites (N-methyl/N-ethyl adjacent to an activating group) is 1. The first kappa shape index (κ1) is 16.1. The largest absolute Gasteiger partial charge is 0.404 e. The first-order chi connectivity index (χ1) is 10.3. The fraction of sp³-hybridized carbons (Fsp3) is 0.235. The fourth-order valence-corrected chi connectivity index (χ4v) is 2.34. The Labute approximate surface area is 127 Å². The van der Waals surface area contributed by atoms with Crippen molar-refractivity contribution in [2.75, 3.05) is 14.1 Å². The Hall–Kier alpha value is -2.30. The van der Waals surface area contributed by atoms with Crippen molar-refractivity contribution < 1.29 is 18.0 Å². The standard InChI is InChI=1S/C17H16F3NO/c1-21(2)16(22)15(17(18,19)20)14-11-7-6-10-13(14)12-8-4-3-5-9-12/h3-11,15H,1-2H3. The van der Waals surface area contributed by atoms with E-state index < -0.39 is 18.0 Å². The van der Waals surface area contributed by atoms with E-state index >= 15 is 0 Å². The van der Waals surface area contributed by atoms with Gasteiger partial charge in [-0.3, -0.25) is 4.79 Å². The lowest BCUT2D eigenvalue weighted by molar-refractivity contribution is -0.170. The quantitative estimate of drug-likeness (QED) is 0.836. The van der Waals surface area contributed by atoms with E-state index in [1.165, 1.54) is 26.2 Å². The van der Waals surface area contributed by atoms with E-state index in [0.29, 0.717) is 11.1 Å². The number of carbonyl (C=O) groups excluding carboxylic acids is 1. The van der Waals surface area contributed by atoms with E-state index in [0.717, 1.165) is 4.90 Å². The second-order valence-corrected chi connectivity index (χ2v) is 5.16. The number of alkyl halides is 3. The van der Waals surface area contributed by atoms with E-state index in [2.05, 4.69) is 0 Å². The molecule has 22 heavy (non-hydrogen) atoms. The van der Waals surface area contributed by atoms with Crippen LogP contribution in [0.1, 0.15) is 11.5 Å². The van der Waals surface area contributed by atoms with Crippen molar-refractivity contribution in [2.24, 2.45) is 0 Å². The van der Waals surface area contributed by atoms with Gasteiger partial charge in [0, 0.05) is 14.1 Å². The predicted octanol–water partition coefficient (Wildman–Crippen LogP) is 4.09. The third kappa shape index (κ3) is 3.30. The molecule has 0 aliphatic carbocycles. The Morgan fingerprint density at radius 1 is 0.955 bits per heavy atom. The molecule has 2 nitrogen and oxygen atoms in total. The predicted molar refractivity (Wildman–Crippen MR) is 79.4 cm³/mol. The van der Waals surface area contributed by atoms with E-state index in [-0.39, 0.29) is 5.56 Å². The molecule has 0 bridgehead atoms. The summed E-state index contributed by atoms with van der Waals surface area (Å²) in [4.78, 5) is 13.1. The SMILES string of the molecule is CN(C)C(=O)C(c1ccccc1-c1ccccc1)C(F)(F)F. The summed E-state index contributed by atoms with van der Waals surface area (Å²) in [5, 5.41) is 0. The molecule has 0 saturated heterocycles. The van der Waals surface area contributed by atoms with Crippen LogP contribution in [0.25, 0.3) is 11.1 Å². The van der Waals surface area contributed by atoms with Crippen LogP contribution in [0.15, 0.2) is 54.6 Å². The lowest BCUT2D eigenvalue weighted by Gasteiger charge is -2.25. The smallest absolute Gasteiger partial charge is 0.348 e. The first-order valence-electron chi connectivity index (χ1n) is 6.74. The van der Waals surface area contributed by atoms with Crippen LogP contribution in [0.2, 0.25) is 0 Å². The number of carbonyl (C=O) groups is 1. The average molecular weight is 307 g/mol. The van der Waals surface area contributed by atoms with Gasteiger partial charge in [-0.2, -0.15) is 13.2 Å². The number of amides is 1. The summed E-state index contributed by atoms with van der Waals surface area (Å²) in [5.41, 5.74) is 1.04. The zero-order valence-electron chi connectivity index (χ0n) is 12.3. The maximum absolute atomic E-state index is 13.5. The van der Waals surface area contributed by atoms with Crippen molar-refractivity contribution in [3.05, 3.63) is 60.2 Å². The molecule has 0 radical (unpaired) electrons. The molecule has 2 rings (SSSR count). The molecule has 0 fully saturated rings. The number of halogens is 3. The molecule has 0 aliphatic rings. The molecule has 116 valence electrons. The van der Waals surface area contributed by atoms with Gasteiger partial charge in [-0.05, 0) is 16.7 Å². The Morgan fingerprint density at radius 2 is 1.50 bits per heavy atom. The minimum atomic E-state index is -4.65. The van der Waals surface area contributed by atoms with Crippen molar-refractivity contribution in [3.8, 4) is 11.1 Å². The zero-order chi connectivity index (χ0) is 16.3. The Bertz CT molecular complexity index is 650. The normalized spacial score (nSPS) is 12.8. The van der Waals surface area contributed by atoms with Gasteiger partial charge in [0.1, 0.15) is 0 Å². The summed E-state index contributed by atoms with van der Waals surface area (Å²) in [6, 6.07) is 14.9. The molecule has 1 amide bonds. The lowest BCUT2D eigenvalue weighted by Crippen LogP contribution is -2.37. The highest BCUT2D eigenvalue weighted by molar-refractivity contribution is 5.87. The van der Waals surface area contributed by atoms with Gasteiger partial charge >= 0.3 is 6.18 Å². The summed E-state index contributed by atoms with van der Waals surface area (Å²) < 4.78 is 40.4. The van der Waals surface area contributed by atoms with Crippen LogP contribution in [0, 0.1) is 0 Å². The Kier molecular flexibility index (Phi) is 4.54. The molecule has 2 aromatic carbocycles. The molecule has 0 N–H and O–H groups in total. The first-order valence-corrected chi connectivity index (χ1v) is 6.74. The molecule has 0 aromatic heterocycles. The van der Waals surface area contributed by atoms with E-state index in [1.54, 1.807) is 42.5 Å². The van der Waals surface area contributed by atoms with E-state index in [1.807, 2.05) is 0 Å². The Morgan fingerprint density at radius 3 is 2.05 bits per heavy atom. The maximum atomic E-state index is 13.5. The van der Waals surface area contributed by atoms with Crippen LogP contribution in [0.3, 0.4) is 0 Å². The summed E-state index contributed by atoms with van der Waals surface area (Å²) in [5.74, 6) is -3.14. The monoisotopic (exact) mass is 307 g/mol. The van der Waals surface area contributed by atoms with Crippen molar-refractivity contribution in [1.29, 1.82) is 0 Å². The van der Waals surface area contributed by atoms with E-state index in [4.69, 9.17) is 0 Å². The summed E-state index contributed by atoms with van der Waals surface area (Å²) >= 11 is 0. The summed E-state index contributed by atoms with van der Waals surface area (Å²) in [6.07, 6.45) is -4.65. The van der Waals surface area contributed by atoms with Crippen molar-refractivity contribution >= 4 is 5.91 Å². The van der Waals surface area contributed by atoms with E-state index in [9.17, 15) is 18.0 Å². The van der Waals surface area contributed by atoms with Gasteiger partial charge in [-0.15, -0.1) is 0 Å². The average Bonchev–Trinajstić information content (AvgIpc) is 2.47. The van der Waals surface area contributed by atoms with Crippen LogP contribution in [-0.2, 0) is 4.79 Å². The maximum Gasteiger partial charge on any atom is 0.404 e.